The molecule has 0 rings (SSSR count). The van der Waals surface area contributed by atoms with E-state index in [0.717, 1.165) is 19.3 Å². The molecule has 0 saturated carbocycles. The number of carbonyl (C=O) groups is 1. The minimum Gasteiger partial charge on any atom is -0.396 e. The fourth-order valence-corrected chi connectivity index (χ4v) is 2.00. The van der Waals surface area contributed by atoms with Gasteiger partial charge in [-0.3, -0.25) is 4.79 Å². The molecule has 3 nitrogen and oxygen atoms in total. The van der Waals surface area contributed by atoms with Crippen LogP contribution in [0.15, 0.2) is 0 Å². The molecule has 0 heterocycles. The van der Waals surface area contributed by atoms with E-state index in [0.29, 0.717) is 5.92 Å². The Labute approximate surface area is 99.6 Å². The summed E-state index contributed by atoms with van der Waals surface area (Å²) in [5.41, 5.74) is -0.304. The first-order chi connectivity index (χ1) is 7.29. The van der Waals surface area contributed by atoms with Crippen molar-refractivity contribution in [3.05, 3.63) is 0 Å². The Kier molecular flexibility index (Phi) is 6.65. The first-order valence-electron chi connectivity index (χ1n) is 6.21. The van der Waals surface area contributed by atoms with Crippen LogP contribution < -0.4 is 5.32 Å². The van der Waals surface area contributed by atoms with Crippen LogP contribution in [0.4, 0.5) is 0 Å². The fraction of sp³-hybridized carbons (Fsp3) is 0.923. The zero-order valence-corrected chi connectivity index (χ0v) is 11.3. The zero-order valence-electron chi connectivity index (χ0n) is 11.3. The van der Waals surface area contributed by atoms with Crippen molar-refractivity contribution >= 4 is 5.91 Å². The molecule has 96 valence electrons. The van der Waals surface area contributed by atoms with Crippen molar-refractivity contribution in [1.82, 2.24) is 5.32 Å². The summed E-state index contributed by atoms with van der Waals surface area (Å²) in [6, 6.07) is 0.145. The van der Waals surface area contributed by atoms with E-state index in [9.17, 15) is 4.79 Å². The normalized spacial score (nSPS) is 13.9. The lowest BCUT2D eigenvalue weighted by atomic mass is 9.83. The number of hydrogen-bond acceptors (Lipinski definition) is 2. The largest absolute Gasteiger partial charge is 0.396 e. The summed E-state index contributed by atoms with van der Waals surface area (Å²) in [4.78, 5) is 12.0. The van der Waals surface area contributed by atoms with Gasteiger partial charge >= 0.3 is 0 Å². The van der Waals surface area contributed by atoms with Gasteiger partial charge in [0.05, 0.1) is 0 Å². The smallest absolute Gasteiger partial charge is 0.225 e. The van der Waals surface area contributed by atoms with Crippen LogP contribution >= 0.6 is 0 Å². The molecule has 0 aromatic heterocycles. The minimum absolute atomic E-state index is 0.117. The third-order valence-corrected chi connectivity index (χ3v) is 2.71. The van der Waals surface area contributed by atoms with Crippen LogP contribution in [0.1, 0.15) is 53.9 Å². The Hall–Kier alpha value is -0.570. The van der Waals surface area contributed by atoms with Crippen molar-refractivity contribution in [1.29, 1.82) is 0 Å². The predicted molar refractivity (Wildman–Crippen MR) is 67.2 cm³/mol. The number of aliphatic hydroxyl groups is 1. The Balaban J connectivity index is 4.12. The van der Waals surface area contributed by atoms with Crippen LogP contribution in [0, 0.1) is 11.3 Å². The second kappa shape index (κ2) is 6.89. The van der Waals surface area contributed by atoms with E-state index in [1.54, 1.807) is 0 Å². The van der Waals surface area contributed by atoms with E-state index in [1.807, 2.05) is 20.8 Å². The highest BCUT2D eigenvalue weighted by atomic mass is 16.2. The average molecular weight is 229 g/mol. The molecule has 0 spiro atoms. The molecule has 0 aromatic carbocycles. The van der Waals surface area contributed by atoms with Gasteiger partial charge in [0.2, 0.25) is 5.91 Å². The van der Waals surface area contributed by atoms with Gasteiger partial charge in [0.1, 0.15) is 0 Å². The Morgan fingerprint density at radius 3 is 2.31 bits per heavy atom. The molecule has 0 aromatic rings. The van der Waals surface area contributed by atoms with Gasteiger partial charge < -0.3 is 10.4 Å². The van der Waals surface area contributed by atoms with E-state index in [2.05, 4.69) is 19.2 Å². The number of nitrogens with one attached hydrogen (secondary N) is 1. The van der Waals surface area contributed by atoms with Gasteiger partial charge in [0, 0.05) is 18.1 Å². The summed E-state index contributed by atoms with van der Waals surface area (Å²) in [5, 5.41) is 11.7. The lowest BCUT2D eigenvalue weighted by Crippen LogP contribution is -2.42. The van der Waals surface area contributed by atoms with Gasteiger partial charge in [-0.1, -0.05) is 27.7 Å². The summed E-state index contributed by atoms with van der Waals surface area (Å²) in [5.74, 6) is 0.639. The number of amides is 1. The molecule has 0 saturated heterocycles. The summed E-state index contributed by atoms with van der Waals surface area (Å²) < 4.78 is 0. The van der Waals surface area contributed by atoms with Crippen LogP contribution in [-0.2, 0) is 4.79 Å². The average Bonchev–Trinajstić information content (AvgIpc) is 2.12. The second-order valence-electron chi connectivity index (χ2n) is 5.72. The van der Waals surface area contributed by atoms with Gasteiger partial charge in [-0.25, -0.2) is 0 Å². The van der Waals surface area contributed by atoms with Crippen LogP contribution in [0.25, 0.3) is 0 Å². The van der Waals surface area contributed by atoms with Gasteiger partial charge in [0.25, 0.3) is 0 Å². The standard InChI is InChI=1S/C13H27NO2/c1-10(2)9-13(4,5)12(16)14-11(3)7-6-8-15/h10-11,15H,6-9H2,1-5H3,(H,14,16). The van der Waals surface area contributed by atoms with Crippen molar-refractivity contribution in [2.45, 2.75) is 59.9 Å². The van der Waals surface area contributed by atoms with Crippen molar-refractivity contribution in [2.24, 2.45) is 11.3 Å². The summed E-state index contributed by atoms with van der Waals surface area (Å²) >= 11 is 0. The third-order valence-electron chi connectivity index (χ3n) is 2.71. The van der Waals surface area contributed by atoms with Crippen LogP contribution in [-0.4, -0.2) is 23.7 Å². The summed E-state index contributed by atoms with van der Waals surface area (Å²) in [6.45, 7) is 10.4. The lowest BCUT2D eigenvalue weighted by Gasteiger charge is -2.27. The second-order valence-corrected chi connectivity index (χ2v) is 5.72. The molecule has 0 aliphatic rings. The molecular weight excluding hydrogens is 202 g/mol. The molecular formula is C13H27NO2. The molecule has 16 heavy (non-hydrogen) atoms. The number of hydrogen-bond donors (Lipinski definition) is 2. The van der Waals surface area contributed by atoms with E-state index < -0.39 is 0 Å². The monoisotopic (exact) mass is 229 g/mol. The van der Waals surface area contributed by atoms with Crippen molar-refractivity contribution in [2.75, 3.05) is 6.61 Å². The van der Waals surface area contributed by atoms with Crippen LogP contribution in [0.5, 0.6) is 0 Å². The van der Waals surface area contributed by atoms with Crippen molar-refractivity contribution < 1.29 is 9.90 Å². The van der Waals surface area contributed by atoms with E-state index in [4.69, 9.17) is 5.11 Å². The molecule has 2 N–H and O–H groups in total. The zero-order chi connectivity index (χ0) is 12.8. The quantitative estimate of drug-likeness (QED) is 0.704. The Bertz CT molecular complexity index is 212. The molecule has 1 atom stereocenters. The molecule has 0 aliphatic carbocycles. The molecule has 1 amide bonds. The Morgan fingerprint density at radius 1 is 1.31 bits per heavy atom. The number of aliphatic hydroxyl groups excluding tert-OH is 1. The van der Waals surface area contributed by atoms with Gasteiger partial charge in [-0.05, 0) is 32.1 Å². The minimum atomic E-state index is -0.304. The first kappa shape index (κ1) is 15.4. The van der Waals surface area contributed by atoms with Crippen molar-refractivity contribution in [3.63, 3.8) is 0 Å². The van der Waals surface area contributed by atoms with E-state index in [-0.39, 0.29) is 24.0 Å². The SMILES string of the molecule is CC(C)CC(C)(C)C(=O)NC(C)CCCO. The predicted octanol–water partition coefficient (Wildman–Crippen LogP) is 2.34. The van der Waals surface area contributed by atoms with Crippen molar-refractivity contribution in [3.8, 4) is 0 Å². The van der Waals surface area contributed by atoms with Gasteiger partial charge in [0.15, 0.2) is 0 Å². The number of rotatable bonds is 7. The Morgan fingerprint density at radius 2 is 1.88 bits per heavy atom. The highest BCUT2D eigenvalue weighted by molar-refractivity contribution is 5.82. The van der Waals surface area contributed by atoms with E-state index >= 15 is 0 Å². The molecule has 3 heteroatoms. The molecule has 0 radical (unpaired) electrons. The summed E-state index contributed by atoms with van der Waals surface area (Å²) in [7, 11) is 0. The highest BCUT2D eigenvalue weighted by Gasteiger charge is 2.28. The van der Waals surface area contributed by atoms with Gasteiger partial charge in [-0.15, -0.1) is 0 Å². The first-order valence-corrected chi connectivity index (χ1v) is 6.21. The molecule has 0 fully saturated rings. The number of carbonyl (C=O) groups excluding carboxylic acids is 1. The lowest BCUT2D eigenvalue weighted by molar-refractivity contribution is -0.130. The van der Waals surface area contributed by atoms with Crippen LogP contribution in [0.3, 0.4) is 0 Å². The summed E-state index contributed by atoms with van der Waals surface area (Å²) in [6.07, 6.45) is 2.47. The van der Waals surface area contributed by atoms with Gasteiger partial charge in [-0.2, -0.15) is 0 Å². The maximum Gasteiger partial charge on any atom is 0.225 e. The topological polar surface area (TPSA) is 49.3 Å². The molecule has 1 unspecified atom stereocenters. The maximum absolute atomic E-state index is 12.0. The maximum atomic E-state index is 12.0. The molecule has 0 bridgehead atoms. The molecule has 0 aliphatic heterocycles. The fourth-order valence-electron chi connectivity index (χ4n) is 2.00. The highest BCUT2D eigenvalue weighted by Crippen LogP contribution is 2.25. The van der Waals surface area contributed by atoms with E-state index in [1.165, 1.54) is 0 Å². The van der Waals surface area contributed by atoms with Crippen LogP contribution in [0.2, 0.25) is 0 Å². The third kappa shape index (κ3) is 6.11.